The van der Waals surface area contributed by atoms with Gasteiger partial charge in [0.15, 0.2) is 5.11 Å². The Labute approximate surface area is 255 Å². The normalized spacial score (nSPS) is 16.3. The molecule has 2 aromatic heterocycles. The summed E-state index contributed by atoms with van der Waals surface area (Å²) < 4.78 is 7.64. The van der Waals surface area contributed by atoms with Crippen molar-refractivity contribution in [1.29, 1.82) is 0 Å². The number of hydrogen-bond donors (Lipinski definition) is 2. The molecule has 0 unspecified atom stereocenters. The highest BCUT2D eigenvalue weighted by Crippen LogP contribution is 2.45. The first-order chi connectivity index (χ1) is 20.5. The minimum Gasteiger partial charge on any atom is -0.494 e. The van der Waals surface area contributed by atoms with Crippen LogP contribution in [0.15, 0.2) is 66.9 Å². The Morgan fingerprint density at radius 2 is 1.88 bits per heavy atom. The largest absolute Gasteiger partial charge is 0.494 e. The van der Waals surface area contributed by atoms with Gasteiger partial charge >= 0.3 is 0 Å². The van der Waals surface area contributed by atoms with E-state index in [4.69, 9.17) is 17.0 Å². The van der Waals surface area contributed by atoms with E-state index in [0.717, 1.165) is 39.6 Å². The van der Waals surface area contributed by atoms with E-state index >= 15 is 0 Å². The molecule has 0 spiro atoms. The molecule has 1 aliphatic heterocycles. The Kier molecular flexibility index (Phi) is 8.19. The highest BCUT2D eigenvalue weighted by Gasteiger charge is 2.42. The van der Waals surface area contributed by atoms with E-state index < -0.39 is 4.92 Å². The van der Waals surface area contributed by atoms with Gasteiger partial charge in [-0.3, -0.25) is 19.9 Å². The third kappa shape index (κ3) is 5.55. The number of methoxy groups -OCH3 is 1. The van der Waals surface area contributed by atoms with Crippen molar-refractivity contribution >= 4 is 40.3 Å². The molecule has 1 fully saturated rings. The van der Waals surface area contributed by atoms with Crippen molar-refractivity contribution in [3.05, 3.63) is 105 Å². The summed E-state index contributed by atoms with van der Waals surface area (Å²) in [6.45, 7) is 9.70. The molecule has 1 saturated heterocycles. The standard InChI is InChI=1S/C32H34N6O4S/c1-18(2)31(39)34-25-12-10-22(15-19(25)3)37-30(29(35-32(37)43)26-9-7-8-14-33-26)24-16-20(4)36(21(24)5)27-13-11-23(38(40)41)17-28(27)42-6/h7-18,29-30H,1-6H3,(H,34,39)(H,35,43)/t29-,30+/m0/s1. The third-order valence-electron chi connectivity index (χ3n) is 7.77. The Morgan fingerprint density at radius 3 is 2.51 bits per heavy atom. The van der Waals surface area contributed by atoms with Gasteiger partial charge in [0, 0.05) is 40.9 Å². The number of aryl methyl sites for hydroxylation is 2. The van der Waals surface area contributed by atoms with Crippen LogP contribution in [0.3, 0.4) is 0 Å². The molecule has 11 heteroatoms. The van der Waals surface area contributed by atoms with Crippen LogP contribution >= 0.6 is 12.2 Å². The first kappa shape index (κ1) is 29.7. The molecule has 1 aliphatic rings. The smallest absolute Gasteiger partial charge is 0.273 e. The van der Waals surface area contributed by atoms with E-state index in [1.54, 1.807) is 12.3 Å². The van der Waals surface area contributed by atoms with Gasteiger partial charge in [-0.15, -0.1) is 0 Å². The summed E-state index contributed by atoms with van der Waals surface area (Å²) in [5.41, 5.74) is 6.91. The summed E-state index contributed by atoms with van der Waals surface area (Å²) >= 11 is 5.94. The summed E-state index contributed by atoms with van der Waals surface area (Å²) in [6, 6.07) is 17.9. The summed E-state index contributed by atoms with van der Waals surface area (Å²) in [4.78, 5) is 30.1. The lowest BCUT2D eigenvalue weighted by Crippen LogP contribution is -2.29. The molecule has 0 saturated carbocycles. The summed E-state index contributed by atoms with van der Waals surface area (Å²) in [5, 5.41) is 18.5. The van der Waals surface area contributed by atoms with Crippen molar-refractivity contribution in [2.45, 2.75) is 46.7 Å². The number of nitrogens with one attached hydrogen (secondary N) is 2. The number of benzene rings is 2. The highest BCUT2D eigenvalue weighted by atomic mass is 32.1. The number of rotatable bonds is 8. The summed E-state index contributed by atoms with van der Waals surface area (Å²) in [7, 11) is 1.51. The van der Waals surface area contributed by atoms with Crippen LogP contribution in [0.25, 0.3) is 5.69 Å². The van der Waals surface area contributed by atoms with Gasteiger partial charge in [-0.1, -0.05) is 19.9 Å². The summed E-state index contributed by atoms with van der Waals surface area (Å²) in [6.07, 6.45) is 1.77. The van der Waals surface area contributed by atoms with E-state index in [0.29, 0.717) is 16.5 Å². The van der Waals surface area contributed by atoms with Crippen molar-refractivity contribution in [3.63, 3.8) is 0 Å². The summed E-state index contributed by atoms with van der Waals surface area (Å²) in [5.74, 6) is 0.217. The quantitative estimate of drug-likeness (QED) is 0.134. The number of ether oxygens (including phenoxy) is 1. The second kappa shape index (κ2) is 11.8. The van der Waals surface area contributed by atoms with E-state index in [9.17, 15) is 14.9 Å². The SMILES string of the molecule is COc1cc([N+](=O)[O-])ccc1-n1c(C)cc([C@@H]2[C@H](c3ccccn3)NC(=S)N2c2ccc(NC(=O)C(C)C)c(C)c2)c1C. The zero-order valence-electron chi connectivity index (χ0n) is 24.9. The van der Waals surface area contributed by atoms with Gasteiger partial charge in [0.1, 0.15) is 5.75 Å². The third-order valence-corrected chi connectivity index (χ3v) is 8.09. The first-order valence-corrected chi connectivity index (χ1v) is 14.4. The fourth-order valence-electron chi connectivity index (χ4n) is 5.59. The van der Waals surface area contributed by atoms with Gasteiger partial charge in [-0.05, 0) is 86.6 Å². The number of aromatic nitrogens is 2. The Bertz CT molecular complexity index is 1720. The number of thiocarbonyl (C=S) groups is 1. The molecule has 5 rings (SSSR count). The molecule has 0 radical (unpaired) electrons. The van der Waals surface area contributed by atoms with Crippen molar-refractivity contribution in [2.75, 3.05) is 17.3 Å². The Hall–Kier alpha value is -4.77. The minimum absolute atomic E-state index is 0.0431. The number of carbonyl (C=O) groups is 1. The van der Waals surface area contributed by atoms with E-state index in [2.05, 4.69) is 26.6 Å². The molecular formula is C32H34N6O4S. The molecular weight excluding hydrogens is 564 g/mol. The number of anilines is 2. The average Bonchev–Trinajstić information content (AvgIpc) is 3.48. The molecule has 0 bridgehead atoms. The van der Waals surface area contributed by atoms with Crippen LogP contribution in [0, 0.1) is 36.8 Å². The van der Waals surface area contributed by atoms with E-state index in [-0.39, 0.29) is 29.6 Å². The lowest BCUT2D eigenvalue weighted by Gasteiger charge is -2.29. The maximum Gasteiger partial charge on any atom is 0.273 e. The van der Waals surface area contributed by atoms with Crippen LogP contribution in [0.1, 0.15) is 54.1 Å². The fraction of sp³-hybridized carbons (Fsp3) is 0.281. The number of non-ortho nitro benzene ring substituents is 1. The van der Waals surface area contributed by atoms with Gasteiger partial charge in [0.05, 0.1) is 41.6 Å². The molecule has 2 aromatic carbocycles. The van der Waals surface area contributed by atoms with Crippen LogP contribution < -0.4 is 20.3 Å². The zero-order valence-corrected chi connectivity index (χ0v) is 25.7. The number of nitrogens with zero attached hydrogens (tertiary/aromatic N) is 4. The van der Waals surface area contributed by atoms with Gasteiger partial charge in [-0.2, -0.15) is 0 Å². The molecule has 2 atom stereocenters. The fourth-order valence-corrected chi connectivity index (χ4v) is 5.93. The van der Waals surface area contributed by atoms with Crippen LogP contribution in [-0.4, -0.2) is 32.6 Å². The lowest BCUT2D eigenvalue weighted by atomic mass is 9.96. The number of hydrogen-bond acceptors (Lipinski definition) is 6. The molecule has 1 amide bonds. The molecule has 4 aromatic rings. The van der Waals surface area contributed by atoms with Crippen molar-refractivity contribution in [1.82, 2.24) is 14.9 Å². The average molecular weight is 599 g/mol. The number of pyridine rings is 1. The van der Waals surface area contributed by atoms with Crippen LogP contribution in [0.4, 0.5) is 17.1 Å². The van der Waals surface area contributed by atoms with Crippen molar-refractivity contribution in [2.24, 2.45) is 5.92 Å². The van der Waals surface area contributed by atoms with Gasteiger partial charge < -0.3 is 24.8 Å². The number of nitro groups is 1. The van der Waals surface area contributed by atoms with Crippen LogP contribution in [0.2, 0.25) is 0 Å². The van der Waals surface area contributed by atoms with E-state index in [1.807, 2.05) is 75.6 Å². The lowest BCUT2D eigenvalue weighted by molar-refractivity contribution is -0.384. The van der Waals surface area contributed by atoms with Gasteiger partial charge in [0.25, 0.3) is 5.69 Å². The first-order valence-electron chi connectivity index (χ1n) is 14.0. The topological polar surface area (TPSA) is 115 Å². The van der Waals surface area contributed by atoms with Crippen LogP contribution in [0.5, 0.6) is 5.75 Å². The maximum absolute atomic E-state index is 12.4. The number of amides is 1. The van der Waals surface area contributed by atoms with Crippen LogP contribution in [-0.2, 0) is 4.79 Å². The number of nitro benzene ring substituents is 1. The molecule has 2 N–H and O–H groups in total. The van der Waals surface area contributed by atoms with Gasteiger partial charge in [-0.25, -0.2) is 0 Å². The maximum atomic E-state index is 12.4. The minimum atomic E-state index is -0.435. The molecule has 3 heterocycles. The molecule has 10 nitrogen and oxygen atoms in total. The predicted octanol–water partition coefficient (Wildman–Crippen LogP) is 6.49. The monoisotopic (exact) mass is 598 g/mol. The van der Waals surface area contributed by atoms with Gasteiger partial charge in [0.2, 0.25) is 5.91 Å². The Morgan fingerprint density at radius 1 is 1.12 bits per heavy atom. The second-order valence-corrected chi connectivity index (χ2v) is 11.3. The Balaban J connectivity index is 1.64. The van der Waals surface area contributed by atoms with Crippen molar-refractivity contribution in [3.8, 4) is 11.4 Å². The zero-order chi connectivity index (χ0) is 31.0. The molecule has 222 valence electrons. The highest BCUT2D eigenvalue weighted by molar-refractivity contribution is 7.80. The predicted molar refractivity (Wildman–Crippen MR) is 171 cm³/mol. The van der Waals surface area contributed by atoms with Crippen molar-refractivity contribution < 1.29 is 14.5 Å². The number of carbonyl (C=O) groups excluding carboxylic acids is 1. The molecule has 0 aliphatic carbocycles. The van der Waals surface area contributed by atoms with E-state index in [1.165, 1.54) is 19.2 Å². The molecule has 43 heavy (non-hydrogen) atoms. The second-order valence-electron chi connectivity index (χ2n) is 10.9.